The maximum Gasteiger partial charge on any atom is 0.0545 e. The van der Waals surface area contributed by atoms with Gasteiger partial charge in [0.1, 0.15) is 0 Å². The highest BCUT2D eigenvalue weighted by atomic mass is 35.5. The van der Waals surface area contributed by atoms with Gasteiger partial charge in [0.25, 0.3) is 0 Å². The van der Waals surface area contributed by atoms with Crippen LogP contribution in [-0.2, 0) is 0 Å². The molecule has 0 N–H and O–H groups in total. The molecule has 0 atom stereocenters. The number of halogens is 2. The van der Waals surface area contributed by atoms with Crippen LogP contribution < -0.4 is 0 Å². The summed E-state index contributed by atoms with van der Waals surface area (Å²) in [7, 11) is 0. The van der Waals surface area contributed by atoms with Crippen LogP contribution in [0.4, 0.5) is 0 Å². The molecule has 11 heavy (non-hydrogen) atoms. The maximum atomic E-state index is 5.92. The van der Waals surface area contributed by atoms with Gasteiger partial charge in [0.05, 0.1) is 5.02 Å². The lowest BCUT2D eigenvalue weighted by Gasteiger charge is -2.05. The van der Waals surface area contributed by atoms with Crippen LogP contribution in [0.1, 0.15) is 5.56 Å². The van der Waals surface area contributed by atoms with Gasteiger partial charge >= 0.3 is 0 Å². The van der Waals surface area contributed by atoms with Crippen molar-refractivity contribution in [2.24, 2.45) is 0 Å². The monoisotopic (exact) mass is 206 g/mol. The first-order chi connectivity index (χ1) is 5.16. The Labute approximate surface area is 80.9 Å². The van der Waals surface area contributed by atoms with Crippen molar-refractivity contribution in [2.45, 2.75) is 11.8 Å². The number of thioether (sulfide) groups is 1. The van der Waals surface area contributed by atoms with Crippen LogP contribution in [-0.4, -0.2) is 6.26 Å². The molecular formula is C8H8Cl2S. The molecule has 0 unspecified atom stereocenters. The molecule has 0 aliphatic rings. The van der Waals surface area contributed by atoms with Crippen molar-refractivity contribution in [1.29, 1.82) is 0 Å². The molecule has 0 aromatic heterocycles. The molecule has 0 amide bonds. The molecule has 0 saturated heterocycles. The number of rotatable bonds is 1. The second-order valence-electron chi connectivity index (χ2n) is 2.19. The SMILES string of the molecule is CSc1c(Cl)ccc(Cl)c1C. The molecule has 1 aromatic rings. The van der Waals surface area contributed by atoms with Gasteiger partial charge in [0.2, 0.25) is 0 Å². The second-order valence-corrected chi connectivity index (χ2v) is 3.82. The van der Waals surface area contributed by atoms with Crippen LogP contribution in [0.25, 0.3) is 0 Å². The lowest BCUT2D eigenvalue weighted by atomic mass is 10.2. The lowest BCUT2D eigenvalue weighted by molar-refractivity contribution is 1.31. The Morgan fingerprint density at radius 3 is 2.18 bits per heavy atom. The first-order valence-electron chi connectivity index (χ1n) is 3.15. The van der Waals surface area contributed by atoms with Crippen molar-refractivity contribution in [1.82, 2.24) is 0 Å². The zero-order valence-electron chi connectivity index (χ0n) is 6.32. The fourth-order valence-electron chi connectivity index (χ4n) is 0.885. The highest BCUT2D eigenvalue weighted by molar-refractivity contribution is 7.98. The van der Waals surface area contributed by atoms with Gasteiger partial charge in [-0.15, -0.1) is 11.8 Å². The van der Waals surface area contributed by atoms with Crippen molar-refractivity contribution < 1.29 is 0 Å². The molecule has 0 bridgehead atoms. The van der Waals surface area contributed by atoms with Crippen molar-refractivity contribution in [3.8, 4) is 0 Å². The smallest absolute Gasteiger partial charge is 0.0545 e. The van der Waals surface area contributed by atoms with Gasteiger partial charge < -0.3 is 0 Å². The van der Waals surface area contributed by atoms with E-state index in [2.05, 4.69) is 0 Å². The number of hydrogen-bond acceptors (Lipinski definition) is 1. The van der Waals surface area contributed by atoms with E-state index in [0.717, 1.165) is 20.5 Å². The normalized spacial score (nSPS) is 10.2. The van der Waals surface area contributed by atoms with Crippen LogP contribution in [0, 0.1) is 6.92 Å². The molecule has 1 rings (SSSR count). The van der Waals surface area contributed by atoms with E-state index in [9.17, 15) is 0 Å². The standard InChI is InChI=1S/C8H8Cl2S/c1-5-6(9)3-4-7(10)8(5)11-2/h3-4H,1-2H3. The topological polar surface area (TPSA) is 0 Å². The van der Waals surface area contributed by atoms with Crippen LogP contribution in [0.15, 0.2) is 17.0 Å². The molecule has 0 fully saturated rings. The van der Waals surface area contributed by atoms with Crippen molar-refractivity contribution in [3.63, 3.8) is 0 Å². The minimum atomic E-state index is 0.777. The Hall–Kier alpha value is 0.150. The Morgan fingerprint density at radius 1 is 1.18 bits per heavy atom. The largest absolute Gasteiger partial charge is 0.128 e. The fourth-order valence-corrected chi connectivity index (χ4v) is 2.21. The van der Waals surface area contributed by atoms with E-state index in [0.29, 0.717) is 0 Å². The van der Waals surface area contributed by atoms with E-state index >= 15 is 0 Å². The van der Waals surface area contributed by atoms with Gasteiger partial charge in [-0.05, 0) is 30.9 Å². The van der Waals surface area contributed by atoms with Crippen LogP contribution in [0.5, 0.6) is 0 Å². The van der Waals surface area contributed by atoms with Crippen molar-refractivity contribution >= 4 is 35.0 Å². The van der Waals surface area contributed by atoms with Gasteiger partial charge in [-0.2, -0.15) is 0 Å². The Bertz CT molecular complexity index is 271. The van der Waals surface area contributed by atoms with Crippen LogP contribution in [0.3, 0.4) is 0 Å². The third-order valence-electron chi connectivity index (χ3n) is 1.50. The van der Waals surface area contributed by atoms with E-state index in [-0.39, 0.29) is 0 Å². The number of benzene rings is 1. The summed E-state index contributed by atoms with van der Waals surface area (Å²) in [6.07, 6.45) is 1.99. The van der Waals surface area contributed by atoms with E-state index < -0.39 is 0 Å². The van der Waals surface area contributed by atoms with E-state index in [1.165, 1.54) is 0 Å². The molecule has 0 spiro atoms. The highest BCUT2D eigenvalue weighted by Crippen LogP contribution is 2.32. The summed E-state index contributed by atoms with van der Waals surface area (Å²) in [6.45, 7) is 1.97. The average Bonchev–Trinajstić information content (AvgIpc) is 1.99. The minimum Gasteiger partial charge on any atom is -0.128 e. The quantitative estimate of drug-likeness (QED) is 0.626. The fraction of sp³-hybridized carbons (Fsp3) is 0.250. The van der Waals surface area contributed by atoms with Crippen LogP contribution in [0.2, 0.25) is 10.0 Å². The van der Waals surface area contributed by atoms with Crippen LogP contribution >= 0.6 is 35.0 Å². The summed E-state index contributed by atoms with van der Waals surface area (Å²) in [5.74, 6) is 0. The third kappa shape index (κ3) is 1.84. The molecule has 0 aliphatic carbocycles. The summed E-state index contributed by atoms with van der Waals surface area (Å²) >= 11 is 13.4. The summed E-state index contributed by atoms with van der Waals surface area (Å²) in [5, 5.41) is 1.55. The van der Waals surface area contributed by atoms with Gasteiger partial charge in [-0.25, -0.2) is 0 Å². The molecule has 0 radical (unpaired) electrons. The zero-order chi connectivity index (χ0) is 8.43. The molecule has 3 heteroatoms. The summed E-state index contributed by atoms with van der Waals surface area (Å²) in [5.41, 5.74) is 1.06. The maximum absolute atomic E-state index is 5.92. The number of hydrogen-bond donors (Lipinski definition) is 0. The van der Waals surface area contributed by atoms with E-state index in [4.69, 9.17) is 23.2 Å². The van der Waals surface area contributed by atoms with Crippen molar-refractivity contribution in [2.75, 3.05) is 6.26 Å². The molecular weight excluding hydrogens is 199 g/mol. The van der Waals surface area contributed by atoms with E-state index in [1.807, 2.05) is 25.3 Å². The third-order valence-corrected chi connectivity index (χ3v) is 3.27. The molecule has 0 heterocycles. The molecule has 0 saturated carbocycles. The Morgan fingerprint density at radius 2 is 1.73 bits per heavy atom. The highest BCUT2D eigenvalue weighted by Gasteiger charge is 2.04. The summed E-state index contributed by atoms with van der Waals surface area (Å²) in [6, 6.07) is 3.64. The van der Waals surface area contributed by atoms with Gasteiger partial charge in [-0.1, -0.05) is 23.2 Å². The summed E-state index contributed by atoms with van der Waals surface area (Å²) in [4.78, 5) is 1.07. The Balaban J connectivity index is 3.29. The second kappa shape index (κ2) is 3.70. The molecule has 60 valence electrons. The first kappa shape index (κ1) is 9.24. The summed E-state index contributed by atoms with van der Waals surface area (Å²) < 4.78 is 0. The first-order valence-corrected chi connectivity index (χ1v) is 5.13. The lowest BCUT2D eigenvalue weighted by Crippen LogP contribution is -1.81. The predicted molar refractivity (Wildman–Crippen MR) is 53.0 cm³/mol. The minimum absolute atomic E-state index is 0.777. The van der Waals surface area contributed by atoms with Gasteiger partial charge in [0.15, 0.2) is 0 Å². The van der Waals surface area contributed by atoms with Gasteiger partial charge in [0, 0.05) is 9.92 Å². The predicted octanol–water partition coefficient (Wildman–Crippen LogP) is 4.02. The molecule has 1 aromatic carbocycles. The Kier molecular flexibility index (Phi) is 3.11. The zero-order valence-corrected chi connectivity index (χ0v) is 8.65. The van der Waals surface area contributed by atoms with Gasteiger partial charge in [-0.3, -0.25) is 0 Å². The average molecular weight is 207 g/mol. The van der Waals surface area contributed by atoms with Crippen molar-refractivity contribution in [3.05, 3.63) is 27.7 Å². The molecule has 0 aliphatic heterocycles. The molecule has 0 nitrogen and oxygen atoms in total. The van der Waals surface area contributed by atoms with E-state index in [1.54, 1.807) is 11.8 Å².